The molecule has 1 atom stereocenters. The molecule has 0 saturated heterocycles. The van der Waals surface area contributed by atoms with Gasteiger partial charge in [0.05, 0.1) is 17.5 Å². The normalized spacial score (nSPS) is 18.1. The lowest BCUT2D eigenvalue weighted by Crippen LogP contribution is -2.27. The number of furan rings is 1. The van der Waals surface area contributed by atoms with Crippen LogP contribution in [0.15, 0.2) is 16.7 Å². The second-order valence-corrected chi connectivity index (χ2v) is 5.82. The molecule has 0 aliphatic heterocycles. The minimum atomic E-state index is -0.179. The summed E-state index contributed by atoms with van der Waals surface area (Å²) >= 11 is 1.52. The molecule has 0 saturated carbocycles. The van der Waals surface area contributed by atoms with Gasteiger partial charge < -0.3 is 10.2 Å². The van der Waals surface area contributed by atoms with E-state index in [4.69, 9.17) is 10.2 Å². The first-order valence-corrected chi connectivity index (χ1v) is 7.04. The van der Waals surface area contributed by atoms with E-state index in [1.54, 1.807) is 13.0 Å². The summed E-state index contributed by atoms with van der Waals surface area (Å²) in [6, 6.07) is 1.88. The standard InChI is InChI=1S/C13H15N3O2S/c1-7-9(4-5-18-7)12(17)16-13-15-10-3-2-8(14)6-11(10)19-13/h4-5,8H,2-3,6,14H2,1H3,(H,15,16,17)/t8-/m0/s1. The van der Waals surface area contributed by atoms with E-state index in [2.05, 4.69) is 10.3 Å². The van der Waals surface area contributed by atoms with Crippen LogP contribution in [0.5, 0.6) is 0 Å². The highest BCUT2D eigenvalue weighted by molar-refractivity contribution is 7.15. The Morgan fingerprint density at radius 2 is 2.47 bits per heavy atom. The molecule has 19 heavy (non-hydrogen) atoms. The van der Waals surface area contributed by atoms with E-state index in [0.29, 0.717) is 16.5 Å². The maximum atomic E-state index is 12.0. The Bertz CT molecular complexity index is 617. The molecular weight excluding hydrogens is 262 g/mol. The summed E-state index contributed by atoms with van der Waals surface area (Å²) in [5, 5.41) is 3.47. The number of hydrogen-bond acceptors (Lipinski definition) is 5. The van der Waals surface area contributed by atoms with Crippen LogP contribution in [0.3, 0.4) is 0 Å². The van der Waals surface area contributed by atoms with Gasteiger partial charge in [0, 0.05) is 10.9 Å². The van der Waals surface area contributed by atoms with E-state index in [-0.39, 0.29) is 11.9 Å². The third kappa shape index (κ3) is 2.41. The van der Waals surface area contributed by atoms with Crippen LogP contribution in [-0.4, -0.2) is 16.9 Å². The van der Waals surface area contributed by atoms with Gasteiger partial charge in [-0.3, -0.25) is 10.1 Å². The quantitative estimate of drug-likeness (QED) is 0.881. The number of nitrogens with two attached hydrogens (primary N) is 1. The van der Waals surface area contributed by atoms with Crippen LogP contribution in [0.25, 0.3) is 0 Å². The highest BCUT2D eigenvalue weighted by Crippen LogP contribution is 2.29. The SMILES string of the molecule is Cc1occc1C(=O)Nc1nc2c(s1)C[C@@H](N)CC2. The van der Waals surface area contributed by atoms with E-state index < -0.39 is 0 Å². The van der Waals surface area contributed by atoms with Crippen molar-refractivity contribution in [3.05, 3.63) is 34.2 Å². The summed E-state index contributed by atoms with van der Waals surface area (Å²) in [4.78, 5) is 17.7. The molecule has 1 aliphatic rings. The van der Waals surface area contributed by atoms with Crippen molar-refractivity contribution >= 4 is 22.4 Å². The molecular formula is C13H15N3O2S. The van der Waals surface area contributed by atoms with Crippen LogP contribution < -0.4 is 11.1 Å². The first-order chi connectivity index (χ1) is 9.13. The van der Waals surface area contributed by atoms with Crippen LogP contribution in [-0.2, 0) is 12.8 Å². The molecule has 100 valence electrons. The fraction of sp³-hybridized carbons (Fsp3) is 0.385. The summed E-state index contributed by atoms with van der Waals surface area (Å²) in [7, 11) is 0. The summed E-state index contributed by atoms with van der Waals surface area (Å²) in [6.45, 7) is 1.76. The number of nitrogens with zero attached hydrogens (tertiary/aromatic N) is 1. The first-order valence-electron chi connectivity index (χ1n) is 6.23. The number of fused-ring (bicyclic) bond motifs is 1. The van der Waals surface area contributed by atoms with Gasteiger partial charge in [0.1, 0.15) is 5.76 Å². The zero-order chi connectivity index (χ0) is 13.4. The van der Waals surface area contributed by atoms with Gasteiger partial charge >= 0.3 is 0 Å². The Balaban J connectivity index is 1.78. The van der Waals surface area contributed by atoms with Crippen molar-refractivity contribution in [1.29, 1.82) is 0 Å². The Morgan fingerprint density at radius 3 is 3.21 bits per heavy atom. The number of thiazole rings is 1. The smallest absolute Gasteiger partial charge is 0.260 e. The summed E-state index contributed by atoms with van der Waals surface area (Å²) in [5.41, 5.74) is 7.56. The van der Waals surface area contributed by atoms with Crippen molar-refractivity contribution in [2.24, 2.45) is 5.73 Å². The second-order valence-electron chi connectivity index (χ2n) is 4.74. The summed E-state index contributed by atoms with van der Waals surface area (Å²) < 4.78 is 5.12. The Hall–Kier alpha value is -1.66. The molecule has 0 spiro atoms. The Morgan fingerprint density at radius 1 is 1.63 bits per heavy atom. The van der Waals surface area contributed by atoms with E-state index >= 15 is 0 Å². The second kappa shape index (κ2) is 4.79. The monoisotopic (exact) mass is 277 g/mol. The van der Waals surface area contributed by atoms with E-state index in [9.17, 15) is 4.79 Å². The predicted octanol–water partition coefficient (Wildman–Crippen LogP) is 2.11. The largest absolute Gasteiger partial charge is 0.469 e. The van der Waals surface area contributed by atoms with Crippen molar-refractivity contribution in [1.82, 2.24) is 4.98 Å². The van der Waals surface area contributed by atoms with Crippen molar-refractivity contribution < 1.29 is 9.21 Å². The van der Waals surface area contributed by atoms with Gasteiger partial charge in [0.25, 0.3) is 5.91 Å². The number of anilines is 1. The number of nitrogens with one attached hydrogen (secondary N) is 1. The zero-order valence-electron chi connectivity index (χ0n) is 10.6. The minimum absolute atomic E-state index is 0.179. The zero-order valence-corrected chi connectivity index (χ0v) is 11.4. The number of carbonyl (C=O) groups is 1. The molecule has 2 aromatic heterocycles. The molecule has 3 N–H and O–H groups in total. The van der Waals surface area contributed by atoms with Gasteiger partial charge in [-0.05, 0) is 32.3 Å². The first kappa shape index (κ1) is 12.4. The molecule has 2 aromatic rings. The third-order valence-corrected chi connectivity index (χ3v) is 4.34. The van der Waals surface area contributed by atoms with E-state index in [1.807, 2.05) is 0 Å². The highest BCUT2D eigenvalue weighted by Gasteiger charge is 2.21. The molecule has 0 fully saturated rings. The van der Waals surface area contributed by atoms with Gasteiger partial charge in [0.2, 0.25) is 0 Å². The number of aromatic nitrogens is 1. The molecule has 0 unspecified atom stereocenters. The van der Waals surface area contributed by atoms with Crippen LogP contribution in [0.2, 0.25) is 0 Å². The van der Waals surface area contributed by atoms with Crippen LogP contribution in [0, 0.1) is 6.92 Å². The lowest BCUT2D eigenvalue weighted by molar-refractivity contribution is 0.102. The van der Waals surface area contributed by atoms with Crippen molar-refractivity contribution in [3.63, 3.8) is 0 Å². The topological polar surface area (TPSA) is 81.2 Å². The number of rotatable bonds is 2. The fourth-order valence-corrected chi connectivity index (χ4v) is 3.33. The number of amides is 1. The van der Waals surface area contributed by atoms with E-state index in [0.717, 1.165) is 25.0 Å². The Labute approximate surface area is 114 Å². The van der Waals surface area contributed by atoms with Gasteiger partial charge in [-0.15, -0.1) is 11.3 Å². The minimum Gasteiger partial charge on any atom is -0.469 e. The van der Waals surface area contributed by atoms with Crippen LogP contribution in [0.4, 0.5) is 5.13 Å². The van der Waals surface area contributed by atoms with Gasteiger partial charge in [0.15, 0.2) is 5.13 Å². The molecule has 1 amide bonds. The van der Waals surface area contributed by atoms with Crippen LogP contribution >= 0.6 is 11.3 Å². The van der Waals surface area contributed by atoms with Crippen molar-refractivity contribution in [2.75, 3.05) is 5.32 Å². The lowest BCUT2D eigenvalue weighted by Gasteiger charge is -2.15. The summed E-state index contributed by atoms with van der Waals surface area (Å²) in [6.07, 6.45) is 4.22. The predicted molar refractivity (Wildman–Crippen MR) is 73.5 cm³/mol. The Kier molecular flexibility index (Phi) is 3.12. The molecule has 5 nitrogen and oxygen atoms in total. The molecule has 0 bridgehead atoms. The van der Waals surface area contributed by atoms with Gasteiger partial charge in [-0.2, -0.15) is 0 Å². The molecule has 2 heterocycles. The molecule has 3 rings (SSSR count). The van der Waals surface area contributed by atoms with Crippen molar-refractivity contribution in [2.45, 2.75) is 32.2 Å². The fourth-order valence-electron chi connectivity index (χ4n) is 2.24. The maximum absolute atomic E-state index is 12.0. The highest BCUT2D eigenvalue weighted by atomic mass is 32.1. The number of aryl methyl sites for hydroxylation is 2. The number of carbonyl (C=O) groups excluding carboxylic acids is 1. The molecule has 1 aliphatic carbocycles. The van der Waals surface area contributed by atoms with Gasteiger partial charge in [-0.1, -0.05) is 0 Å². The molecule has 6 heteroatoms. The van der Waals surface area contributed by atoms with Gasteiger partial charge in [-0.25, -0.2) is 4.98 Å². The lowest BCUT2D eigenvalue weighted by atomic mass is 9.99. The maximum Gasteiger partial charge on any atom is 0.260 e. The van der Waals surface area contributed by atoms with Crippen molar-refractivity contribution in [3.8, 4) is 0 Å². The third-order valence-electron chi connectivity index (χ3n) is 3.30. The van der Waals surface area contributed by atoms with Crippen LogP contribution in [0.1, 0.15) is 33.1 Å². The number of hydrogen-bond donors (Lipinski definition) is 2. The molecule has 0 aromatic carbocycles. The summed E-state index contributed by atoms with van der Waals surface area (Å²) in [5.74, 6) is 0.433. The molecule has 0 radical (unpaired) electrons. The van der Waals surface area contributed by atoms with E-state index in [1.165, 1.54) is 22.5 Å². The average Bonchev–Trinajstić information content (AvgIpc) is 2.94. The average molecular weight is 277 g/mol.